The molecular weight excluding hydrogens is 354 g/mol. The molecule has 2 N–H and O–H groups in total. The first-order valence-electron chi connectivity index (χ1n) is 9.52. The molecule has 0 radical (unpaired) electrons. The number of anilines is 1. The van der Waals surface area contributed by atoms with Crippen LogP contribution in [0.25, 0.3) is 11.0 Å². The number of nitrogens with zero attached hydrogens (tertiary/aromatic N) is 1. The Bertz CT molecular complexity index is 821. The third-order valence-electron chi connectivity index (χ3n) is 5.58. The van der Waals surface area contributed by atoms with Crippen LogP contribution in [-0.4, -0.2) is 42.0 Å². The minimum Gasteiger partial charge on any atom is -0.462 e. The molecule has 27 heavy (non-hydrogen) atoms. The van der Waals surface area contributed by atoms with Gasteiger partial charge >= 0.3 is 6.11 Å². The van der Waals surface area contributed by atoms with Gasteiger partial charge in [-0.2, -0.15) is 8.78 Å². The van der Waals surface area contributed by atoms with Crippen LogP contribution < -0.4 is 15.0 Å². The number of furan rings is 1. The number of benzene rings is 1. The van der Waals surface area contributed by atoms with Crippen molar-refractivity contribution >= 4 is 16.7 Å². The summed E-state index contributed by atoms with van der Waals surface area (Å²) in [5, 5.41) is 13.1. The van der Waals surface area contributed by atoms with Gasteiger partial charge in [0.2, 0.25) is 0 Å². The molecular formula is C20H26F2N2O3. The molecule has 1 saturated heterocycles. The maximum absolute atomic E-state index is 13.5. The first-order chi connectivity index (χ1) is 12.8. The quantitative estimate of drug-likeness (QED) is 0.843. The number of aliphatic hydroxyl groups is 1. The van der Waals surface area contributed by atoms with E-state index in [-0.39, 0.29) is 11.3 Å². The number of hydrogen-bond acceptors (Lipinski definition) is 5. The van der Waals surface area contributed by atoms with Crippen molar-refractivity contribution in [3.63, 3.8) is 0 Å². The normalized spacial score (nSPS) is 25.4. The topological polar surface area (TPSA) is 57.9 Å². The predicted octanol–water partition coefficient (Wildman–Crippen LogP) is 3.90. The lowest BCUT2D eigenvalue weighted by Gasteiger charge is -2.52. The van der Waals surface area contributed by atoms with Crippen molar-refractivity contribution < 1.29 is 23.0 Å². The number of alkyl halides is 2. The summed E-state index contributed by atoms with van der Waals surface area (Å²) in [6, 6.07) is 5.73. The molecule has 5 nitrogen and oxygen atoms in total. The predicted molar refractivity (Wildman–Crippen MR) is 99.5 cm³/mol. The fourth-order valence-corrected chi connectivity index (χ4v) is 4.54. The van der Waals surface area contributed by atoms with Crippen molar-refractivity contribution in [1.82, 2.24) is 5.32 Å². The number of rotatable bonds is 4. The Morgan fingerprint density at radius 2 is 2.07 bits per heavy atom. The molecule has 1 aromatic carbocycles. The SMILES string of the molecule is CC1(C)CN(c2ccc(OC(F)(F)CO)c3ccoc23)[C@H]2CCCC[C@H]2N1. The smallest absolute Gasteiger partial charge is 0.421 e. The molecule has 4 rings (SSSR count). The highest BCUT2D eigenvalue weighted by Gasteiger charge is 2.41. The Kier molecular flexibility index (Phi) is 4.55. The number of nitrogens with one attached hydrogen (secondary N) is 1. The summed E-state index contributed by atoms with van der Waals surface area (Å²) in [7, 11) is 0. The van der Waals surface area contributed by atoms with Gasteiger partial charge in [0.1, 0.15) is 12.4 Å². The Balaban J connectivity index is 1.74. The number of hydrogen-bond donors (Lipinski definition) is 2. The summed E-state index contributed by atoms with van der Waals surface area (Å²) in [6.45, 7) is 3.80. The van der Waals surface area contributed by atoms with Crippen LogP contribution in [0.3, 0.4) is 0 Å². The van der Waals surface area contributed by atoms with Crippen molar-refractivity contribution in [1.29, 1.82) is 0 Å². The second-order valence-corrected chi connectivity index (χ2v) is 8.26. The van der Waals surface area contributed by atoms with E-state index in [1.807, 2.05) is 0 Å². The molecule has 7 heteroatoms. The van der Waals surface area contributed by atoms with Crippen LogP contribution in [0.5, 0.6) is 5.75 Å². The summed E-state index contributed by atoms with van der Waals surface area (Å²) < 4.78 is 37.5. The fourth-order valence-electron chi connectivity index (χ4n) is 4.54. The van der Waals surface area contributed by atoms with Crippen molar-refractivity contribution in [2.24, 2.45) is 0 Å². The number of piperazine rings is 1. The van der Waals surface area contributed by atoms with E-state index in [0.717, 1.165) is 25.1 Å². The average molecular weight is 380 g/mol. The summed E-state index contributed by atoms with van der Waals surface area (Å²) in [5.41, 5.74) is 1.39. The Labute approximate surface area is 157 Å². The van der Waals surface area contributed by atoms with Gasteiger partial charge in [0, 0.05) is 24.2 Å². The van der Waals surface area contributed by atoms with E-state index in [2.05, 4.69) is 24.1 Å². The minimum atomic E-state index is -3.63. The lowest BCUT2D eigenvalue weighted by atomic mass is 9.83. The van der Waals surface area contributed by atoms with Crippen LogP contribution in [-0.2, 0) is 0 Å². The maximum Gasteiger partial charge on any atom is 0.421 e. The molecule has 2 heterocycles. The zero-order chi connectivity index (χ0) is 19.2. The van der Waals surface area contributed by atoms with Gasteiger partial charge in [-0.25, -0.2) is 0 Å². The molecule has 0 unspecified atom stereocenters. The summed E-state index contributed by atoms with van der Waals surface area (Å²) in [6.07, 6.45) is 2.50. The average Bonchev–Trinajstić information content (AvgIpc) is 3.11. The molecule has 0 amide bonds. The van der Waals surface area contributed by atoms with Crippen molar-refractivity contribution in [2.75, 3.05) is 18.1 Å². The lowest BCUT2D eigenvalue weighted by Crippen LogP contribution is -2.67. The highest BCUT2D eigenvalue weighted by Crippen LogP contribution is 2.41. The lowest BCUT2D eigenvalue weighted by molar-refractivity contribution is -0.200. The van der Waals surface area contributed by atoms with E-state index in [9.17, 15) is 8.78 Å². The van der Waals surface area contributed by atoms with Crippen molar-refractivity contribution in [2.45, 2.75) is 63.3 Å². The largest absolute Gasteiger partial charge is 0.462 e. The second-order valence-electron chi connectivity index (χ2n) is 8.26. The van der Waals surface area contributed by atoms with Gasteiger partial charge in [-0.15, -0.1) is 0 Å². The molecule has 2 atom stereocenters. The molecule has 148 valence electrons. The molecule has 2 aliphatic rings. The van der Waals surface area contributed by atoms with E-state index in [1.54, 1.807) is 18.2 Å². The number of aliphatic hydroxyl groups excluding tert-OH is 1. The van der Waals surface area contributed by atoms with Gasteiger partial charge in [0.15, 0.2) is 5.58 Å². The summed E-state index contributed by atoms with van der Waals surface area (Å²) in [4.78, 5) is 2.36. The zero-order valence-electron chi connectivity index (χ0n) is 15.7. The fraction of sp³-hybridized carbons (Fsp3) is 0.600. The Hall–Kier alpha value is -1.86. The molecule has 1 aliphatic carbocycles. The van der Waals surface area contributed by atoms with Crippen LogP contribution in [0.15, 0.2) is 28.9 Å². The van der Waals surface area contributed by atoms with E-state index in [1.165, 1.54) is 19.1 Å². The number of fused-ring (bicyclic) bond motifs is 2. The van der Waals surface area contributed by atoms with E-state index in [4.69, 9.17) is 14.3 Å². The van der Waals surface area contributed by atoms with Gasteiger partial charge in [0.05, 0.1) is 17.3 Å². The highest BCUT2D eigenvalue weighted by molar-refractivity contribution is 5.94. The second kappa shape index (κ2) is 6.63. The summed E-state index contributed by atoms with van der Waals surface area (Å²) in [5.74, 6) is 0.0103. The third-order valence-corrected chi connectivity index (χ3v) is 5.58. The van der Waals surface area contributed by atoms with Crippen LogP contribution in [0.4, 0.5) is 14.5 Å². The Morgan fingerprint density at radius 1 is 1.30 bits per heavy atom. The van der Waals surface area contributed by atoms with Gasteiger partial charge in [-0.05, 0) is 44.9 Å². The molecule has 1 aliphatic heterocycles. The first-order valence-corrected chi connectivity index (χ1v) is 9.52. The van der Waals surface area contributed by atoms with E-state index < -0.39 is 12.7 Å². The molecule has 0 spiro atoms. The van der Waals surface area contributed by atoms with Crippen LogP contribution in [0.2, 0.25) is 0 Å². The standard InChI is InChI=1S/C20H26F2N2O3/c1-19(2)11-24(15-6-4-3-5-14(15)23-19)16-7-8-17(27-20(21,22)12-25)13-9-10-26-18(13)16/h7-10,14-15,23,25H,3-6,11-12H2,1-2H3/t14-,15+/m1/s1. The van der Waals surface area contributed by atoms with Crippen molar-refractivity contribution in [3.05, 3.63) is 24.5 Å². The zero-order valence-corrected chi connectivity index (χ0v) is 15.7. The maximum atomic E-state index is 13.5. The van der Waals surface area contributed by atoms with E-state index >= 15 is 0 Å². The number of halogens is 2. The monoisotopic (exact) mass is 380 g/mol. The van der Waals surface area contributed by atoms with Crippen LogP contribution >= 0.6 is 0 Å². The molecule has 1 aromatic heterocycles. The van der Waals surface area contributed by atoms with Crippen molar-refractivity contribution in [3.8, 4) is 5.75 Å². The highest BCUT2D eigenvalue weighted by atomic mass is 19.3. The Morgan fingerprint density at radius 3 is 2.85 bits per heavy atom. The molecule has 1 saturated carbocycles. The molecule has 0 bridgehead atoms. The third kappa shape index (κ3) is 3.50. The first kappa shape index (κ1) is 18.5. The van der Waals surface area contributed by atoms with Gasteiger partial charge in [0.25, 0.3) is 0 Å². The van der Waals surface area contributed by atoms with Crippen LogP contribution in [0, 0.1) is 0 Å². The van der Waals surface area contributed by atoms with E-state index in [0.29, 0.717) is 23.1 Å². The molecule has 2 aromatic rings. The summed E-state index contributed by atoms with van der Waals surface area (Å²) >= 11 is 0. The molecule has 2 fully saturated rings. The minimum absolute atomic E-state index is 0.0103. The van der Waals surface area contributed by atoms with Crippen LogP contribution in [0.1, 0.15) is 39.5 Å². The van der Waals surface area contributed by atoms with Gasteiger partial charge in [-0.1, -0.05) is 12.8 Å². The van der Waals surface area contributed by atoms with Gasteiger partial charge < -0.3 is 24.5 Å². The van der Waals surface area contributed by atoms with Gasteiger partial charge in [-0.3, -0.25) is 0 Å². The number of ether oxygens (including phenoxy) is 1.